The van der Waals surface area contributed by atoms with E-state index >= 15 is 0 Å². The molecule has 9 heterocycles. The predicted molar refractivity (Wildman–Crippen MR) is 413 cm³/mol. The van der Waals surface area contributed by atoms with Gasteiger partial charge < -0.3 is 59.1 Å². The number of hydrogen-bond acceptors (Lipinski definition) is 24. The van der Waals surface area contributed by atoms with Crippen LogP contribution in [-0.2, 0) is 57.2 Å². The molecule has 21 nitrogen and oxygen atoms in total. The van der Waals surface area contributed by atoms with Crippen molar-refractivity contribution in [2.45, 2.75) is 325 Å². The molecule has 0 radical (unpaired) electrons. The Kier molecular flexibility index (Phi) is 30.2. The third kappa shape index (κ3) is 22.8. The second kappa shape index (κ2) is 36.4. The van der Waals surface area contributed by atoms with Gasteiger partial charge in [-0.15, -0.1) is 34.0 Å². The van der Waals surface area contributed by atoms with Crippen LogP contribution < -0.4 is 0 Å². The first-order chi connectivity index (χ1) is 49.3. The molecule has 21 atom stereocenters. The molecule has 0 saturated carbocycles. The minimum Gasteiger partial charge on any atom is -0.458 e. The molecule has 9 rings (SSSR count). The van der Waals surface area contributed by atoms with E-state index in [4.69, 9.17) is 28.4 Å². The lowest BCUT2D eigenvalue weighted by Crippen LogP contribution is -2.45. The Morgan fingerprint density at radius 3 is 0.953 bits per heavy atom. The van der Waals surface area contributed by atoms with Crippen LogP contribution in [0.15, 0.2) is 39.4 Å². The highest BCUT2D eigenvalue weighted by molar-refractivity contribution is 7.10. The van der Waals surface area contributed by atoms with Crippen molar-refractivity contribution in [2.24, 2.45) is 51.8 Å². The smallest absolute Gasteiger partial charge is 0.309 e. The number of carbonyl (C=O) groups is 6. The van der Waals surface area contributed by atoms with Gasteiger partial charge in [0, 0.05) is 53.2 Å². The number of fused-ring (bicyclic) bond motifs is 3. The van der Waals surface area contributed by atoms with Crippen molar-refractivity contribution in [1.82, 2.24) is 15.0 Å². The van der Waals surface area contributed by atoms with Crippen molar-refractivity contribution in [2.75, 3.05) is 0 Å². The molecule has 0 aromatic carbocycles. The fourth-order valence-corrected chi connectivity index (χ4v) is 17.0. The summed E-state index contributed by atoms with van der Waals surface area (Å²) in [7, 11) is 0. The van der Waals surface area contributed by atoms with E-state index in [-0.39, 0.29) is 89.5 Å². The number of aliphatic hydroxyl groups is 6. The summed E-state index contributed by atoms with van der Waals surface area (Å²) < 4.78 is 35.8. The summed E-state index contributed by atoms with van der Waals surface area (Å²) in [6.07, 6.45) is 7.50. The Hall–Kier alpha value is -5.09. The zero-order chi connectivity index (χ0) is 79.1. The number of esters is 3. The van der Waals surface area contributed by atoms with Crippen LogP contribution in [0.2, 0.25) is 0 Å². The molecular weight excluding hydrogens is 1410 g/mol. The molecule has 6 fully saturated rings. The Balaban J connectivity index is 0.000000222. The maximum atomic E-state index is 13.2. The maximum absolute atomic E-state index is 13.2. The summed E-state index contributed by atoms with van der Waals surface area (Å²) in [5.41, 5.74) is 0.432. The predicted octanol–water partition coefficient (Wildman–Crippen LogP) is 13.8. The quantitative estimate of drug-likeness (QED) is 0.0727. The van der Waals surface area contributed by atoms with Crippen LogP contribution in [0, 0.1) is 65.6 Å². The largest absolute Gasteiger partial charge is 0.458 e. The van der Waals surface area contributed by atoms with Gasteiger partial charge in [-0.3, -0.25) is 28.8 Å². The summed E-state index contributed by atoms with van der Waals surface area (Å²) in [4.78, 5) is 91.9. The molecule has 0 bridgehead atoms. The number of epoxide rings is 3. The number of aryl methyl sites for hydroxylation is 2. The lowest BCUT2D eigenvalue weighted by Gasteiger charge is -2.34. The van der Waals surface area contributed by atoms with E-state index in [1.54, 1.807) is 91.1 Å². The number of thiazole rings is 3. The van der Waals surface area contributed by atoms with Crippen LogP contribution in [0.1, 0.15) is 253 Å². The van der Waals surface area contributed by atoms with Crippen LogP contribution >= 0.6 is 34.0 Å². The van der Waals surface area contributed by atoms with Gasteiger partial charge in [0.15, 0.2) is 0 Å². The molecule has 6 saturated heterocycles. The van der Waals surface area contributed by atoms with Gasteiger partial charge in [0.2, 0.25) is 0 Å². The number of hydrogen-bond donors (Lipinski definition) is 6. The monoisotopic (exact) mass is 1530 g/mol. The average Bonchev–Trinajstić information content (AvgIpc) is 1.63. The Morgan fingerprint density at radius 1 is 0.443 bits per heavy atom. The van der Waals surface area contributed by atoms with Crippen LogP contribution in [0.25, 0.3) is 24.3 Å². The molecule has 6 N–H and O–H groups in total. The first-order valence-electron chi connectivity index (χ1n) is 38.1. The van der Waals surface area contributed by atoms with Crippen LogP contribution in [0.3, 0.4) is 0 Å². The van der Waals surface area contributed by atoms with E-state index < -0.39 is 107 Å². The summed E-state index contributed by atoms with van der Waals surface area (Å²) in [6, 6.07) is 0. The number of aliphatic hydroxyl groups excluding tert-OH is 6. The minimum atomic E-state index is -1.24. The standard InChI is InChI=1S/C28H41NO6S.2C27H41NO6S/c1-8-23-29-19(15-36-23)12-17(3)20-13-22-28(7,35-22)11-9-10-16(2)25(32)18(4)26(33)27(5,6)21(30)14-24(31)34-20;2*1-15-9-8-10-27(7)22(34-27)12-20(16(2)11-19-14-35-18(4)28-19)33-23(30)13-21(29)26(5,6)25(32)17(3)24(15)31/h8,12,15-16,18,20-22,25,30,32H,1,9-11,13-14H2,2-7H3;2*11,14-15,17,20-22,24,29,31H,8-10,12-13H2,1-7H3/b17-12+;2*16-11+/t16-,18+,20-,21-,22-,25-,28+;2*15-,17+,20-,21-,22-,24-,27+/m000/s1. The lowest BCUT2D eigenvalue weighted by atomic mass is 9.73. The zero-order valence-electron chi connectivity index (χ0n) is 66.4. The minimum absolute atomic E-state index is 0.0455. The molecule has 592 valence electrons. The van der Waals surface area contributed by atoms with E-state index in [0.717, 1.165) is 107 Å². The van der Waals surface area contributed by atoms with E-state index in [9.17, 15) is 59.4 Å². The van der Waals surface area contributed by atoms with E-state index in [0.29, 0.717) is 19.3 Å². The SMILES string of the molecule is C/C(=C\c1csc(C)n1)[C@@H]1C[C@@H]2O[C@]2(C)CCC[C@H](C)[C@H](O)[C@@H](C)C(=O)C(C)(C)[C@@H](O)CC(=O)O1.C/C(=C\c1csc(C)n1)[C@@H]1C[C@@H]2O[C@]2(C)CCC[C@H](C)[C@H](O)[C@@H](C)C(=O)C(C)(C)[C@@H](O)CC(=O)O1.C=Cc1nc(/C=C(\C)[C@@H]2C[C@@H]3O[C@]3(C)CCC[C@H](C)[C@H](O)[C@@H](C)C(=O)C(C)(C)[C@@H](O)CC(=O)O2)cs1. The highest BCUT2D eigenvalue weighted by atomic mass is 32.1. The van der Waals surface area contributed by atoms with Crippen LogP contribution in [-0.4, -0.2) is 171 Å². The second-order valence-corrected chi connectivity index (χ2v) is 36.8. The zero-order valence-corrected chi connectivity index (χ0v) is 68.8. The first kappa shape index (κ1) is 88.1. The van der Waals surface area contributed by atoms with Crippen molar-refractivity contribution < 1.29 is 87.8 Å². The molecule has 24 heteroatoms. The Bertz CT molecular complexity index is 3490. The van der Waals surface area contributed by atoms with Crippen molar-refractivity contribution >= 4 is 93.6 Å². The fraction of sp³-hybridized carbons (Fsp3) is 0.720. The van der Waals surface area contributed by atoms with Gasteiger partial charge in [0.1, 0.15) is 40.7 Å². The van der Waals surface area contributed by atoms with Crippen LogP contribution in [0.4, 0.5) is 0 Å². The van der Waals surface area contributed by atoms with Gasteiger partial charge in [-0.25, -0.2) is 15.0 Å². The molecule has 0 aliphatic carbocycles. The highest BCUT2D eigenvalue weighted by Crippen LogP contribution is 2.49. The maximum Gasteiger partial charge on any atom is 0.309 e. The molecule has 3 aromatic rings. The number of carbonyl (C=O) groups excluding carboxylic acids is 6. The summed E-state index contributed by atoms with van der Waals surface area (Å²) in [5.74, 6) is -4.68. The molecule has 0 amide bonds. The summed E-state index contributed by atoms with van der Waals surface area (Å²) in [6.45, 7) is 40.3. The molecule has 6 aliphatic heterocycles. The number of nitrogens with zero attached hydrogens (tertiary/aromatic N) is 3. The van der Waals surface area contributed by atoms with E-state index in [1.807, 2.05) is 89.8 Å². The molecular formula is C82H123N3O18S3. The highest BCUT2D eigenvalue weighted by Gasteiger charge is 2.56. The normalized spacial score (nSPS) is 37.2. The van der Waals surface area contributed by atoms with E-state index in [1.165, 1.54) is 11.3 Å². The van der Waals surface area contributed by atoms with Gasteiger partial charge in [-0.2, -0.15) is 0 Å². The van der Waals surface area contributed by atoms with Crippen molar-refractivity contribution in [3.8, 4) is 0 Å². The van der Waals surface area contributed by atoms with Gasteiger partial charge in [-0.05, 0) is 153 Å². The summed E-state index contributed by atoms with van der Waals surface area (Å²) >= 11 is 4.60. The van der Waals surface area contributed by atoms with Crippen molar-refractivity contribution in [1.29, 1.82) is 0 Å². The first-order valence-corrected chi connectivity index (χ1v) is 40.7. The molecule has 3 aromatic heterocycles. The molecule has 6 aliphatic rings. The number of rotatable bonds is 7. The van der Waals surface area contributed by atoms with Crippen LogP contribution in [0.5, 0.6) is 0 Å². The number of cyclic esters (lactones) is 3. The summed E-state index contributed by atoms with van der Waals surface area (Å²) in [5, 5.41) is 73.7. The Labute approximate surface area is 640 Å². The Morgan fingerprint density at radius 2 is 0.708 bits per heavy atom. The van der Waals surface area contributed by atoms with Crippen molar-refractivity contribution in [3.05, 3.63) is 71.5 Å². The van der Waals surface area contributed by atoms with Gasteiger partial charge in [-0.1, -0.05) is 109 Å². The number of ether oxygens (including phenoxy) is 6. The van der Waals surface area contributed by atoms with E-state index in [2.05, 4.69) is 42.3 Å². The fourth-order valence-electron chi connectivity index (χ4n) is 15.2. The molecule has 0 spiro atoms. The number of ketones is 3. The number of aromatic nitrogens is 3. The molecule has 106 heavy (non-hydrogen) atoms. The van der Waals surface area contributed by atoms with Gasteiger partial charge in [0.25, 0.3) is 0 Å². The lowest BCUT2D eigenvalue weighted by molar-refractivity contribution is -0.156. The molecule has 0 unspecified atom stereocenters. The number of Topliss-reactive ketones (excluding diaryl/α,β-unsaturated/α-hetero) is 3. The third-order valence-electron chi connectivity index (χ3n) is 23.9. The third-order valence-corrected chi connectivity index (χ3v) is 26.3. The van der Waals surface area contributed by atoms with Crippen molar-refractivity contribution in [3.63, 3.8) is 0 Å². The second-order valence-electron chi connectivity index (χ2n) is 33.8. The average molecular weight is 1540 g/mol. The van der Waals surface area contributed by atoms with Gasteiger partial charge in [0.05, 0.1) is 134 Å². The topological polar surface area (TPSA) is 328 Å². The van der Waals surface area contributed by atoms with Gasteiger partial charge >= 0.3 is 17.9 Å².